The first kappa shape index (κ1) is 14.0. The summed E-state index contributed by atoms with van der Waals surface area (Å²) in [5.74, 6) is -0.889. The average molecular weight is 344 g/mol. The maximum absolute atomic E-state index is 12.9. The van der Waals surface area contributed by atoms with Gasteiger partial charge in [0, 0.05) is 0 Å². The molecule has 1 N–H and O–H groups in total. The highest BCUT2D eigenvalue weighted by Gasteiger charge is 2.12. The van der Waals surface area contributed by atoms with Crippen LogP contribution in [-0.2, 0) is 0 Å². The van der Waals surface area contributed by atoms with Gasteiger partial charge >= 0.3 is 0 Å². The number of anilines is 1. The molecule has 0 fully saturated rings. The maximum Gasteiger partial charge on any atom is 0.257 e. The number of benzene rings is 1. The summed E-state index contributed by atoms with van der Waals surface area (Å²) in [4.78, 5) is 16.2. The molecular weight excluding hydrogens is 335 g/mol. The van der Waals surface area contributed by atoms with Crippen LogP contribution in [0, 0.1) is 12.7 Å². The molecule has 0 radical (unpaired) electrons. The number of nitrogens with zero attached hydrogens (tertiary/aromatic N) is 1. The second-order valence-corrected chi connectivity index (χ2v) is 5.06. The van der Waals surface area contributed by atoms with Crippen LogP contribution in [0.5, 0.6) is 0 Å². The molecule has 0 saturated heterocycles. The van der Waals surface area contributed by atoms with Gasteiger partial charge in [0.05, 0.1) is 22.0 Å². The monoisotopic (exact) mass is 342 g/mol. The van der Waals surface area contributed by atoms with Crippen molar-refractivity contribution in [3.63, 3.8) is 0 Å². The van der Waals surface area contributed by atoms with Crippen LogP contribution in [0.3, 0.4) is 0 Å². The first-order chi connectivity index (χ1) is 8.97. The van der Waals surface area contributed by atoms with Crippen LogP contribution in [0.15, 0.2) is 34.9 Å². The molecule has 1 aromatic heterocycles. The van der Waals surface area contributed by atoms with Crippen LogP contribution < -0.4 is 5.32 Å². The van der Waals surface area contributed by atoms with Gasteiger partial charge in [-0.25, -0.2) is 9.37 Å². The third-order valence-electron chi connectivity index (χ3n) is 2.48. The molecule has 2 aromatic rings. The number of aryl methyl sites for hydroxylation is 1. The van der Waals surface area contributed by atoms with Crippen LogP contribution in [0.1, 0.15) is 16.1 Å². The van der Waals surface area contributed by atoms with Gasteiger partial charge in [0.1, 0.15) is 10.4 Å². The number of halogens is 3. The number of carbonyl (C=O) groups is 1. The van der Waals surface area contributed by atoms with Crippen LogP contribution in [0.2, 0.25) is 5.02 Å². The number of amides is 1. The summed E-state index contributed by atoms with van der Waals surface area (Å²) in [5, 5.41) is 2.75. The van der Waals surface area contributed by atoms with E-state index in [-0.39, 0.29) is 10.6 Å². The van der Waals surface area contributed by atoms with Gasteiger partial charge in [0.2, 0.25) is 0 Å². The van der Waals surface area contributed by atoms with Crippen LogP contribution in [-0.4, -0.2) is 10.9 Å². The van der Waals surface area contributed by atoms with E-state index in [1.54, 1.807) is 19.1 Å². The Morgan fingerprint density at radius 2 is 2.11 bits per heavy atom. The summed E-state index contributed by atoms with van der Waals surface area (Å²) in [7, 11) is 0. The van der Waals surface area contributed by atoms with Crippen molar-refractivity contribution < 1.29 is 9.18 Å². The van der Waals surface area contributed by atoms with Crippen molar-refractivity contribution in [2.75, 3.05) is 5.32 Å². The Labute approximate surface area is 122 Å². The first-order valence-corrected chi connectivity index (χ1v) is 6.54. The Bertz CT molecular complexity index is 649. The molecule has 0 atom stereocenters. The molecule has 0 spiro atoms. The number of hydrogen-bond donors (Lipinski definition) is 1. The van der Waals surface area contributed by atoms with Crippen molar-refractivity contribution >= 4 is 39.1 Å². The Morgan fingerprint density at radius 3 is 2.74 bits per heavy atom. The van der Waals surface area contributed by atoms with Crippen molar-refractivity contribution in [3.05, 3.63) is 57.0 Å². The molecule has 2 rings (SSSR count). The normalized spacial score (nSPS) is 10.3. The van der Waals surface area contributed by atoms with Crippen LogP contribution in [0.25, 0.3) is 0 Å². The molecular formula is C13H9BrClFN2O. The molecule has 0 aliphatic rings. The van der Waals surface area contributed by atoms with Crippen molar-refractivity contribution in [1.82, 2.24) is 4.98 Å². The van der Waals surface area contributed by atoms with Crippen molar-refractivity contribution in [1.29, 1.82) is 0 Å². The van der Waals surface area contributed by atoms with E-state index in [4.69, 9.17) is 11.6 Å². The maximum atomic E-state index is 12.9. The molecule has 1 amide bonds. The Kier molecular flexibility index (Phi) is 4.17. The van der Waals surface area contributed by atoms with E-state index < -0.39 is 11.7 Å². The van der Waals surface area contributed by atoms with E-state index in [1.165, 1.54) is 12.1 Å². The van der Waals surface area contributed by atoms with Gasteiger partial charge in [-0.2, -0.15) is 0 Å². The van der Waals surface area contributed by atoms with Crippen molar-refractivity contribution in [3.8, 4) is 0 Å². The first-order valence-electron chi connectivity index (χ1n) is 5.37. The topological polar surface area (TPSA) is 42.0 Å². The highest BCUT2D eigenvalue weighted by molar-refractivity contribution is 9.10. The highest BCUT2D eigenvalue weighted by Crippen LogP contribution is 2.21. The largest absolute Gasteiger partial charge is 0.320 e. The SMILES string of the molecule is Cc1nc(Br)ccc1NC(=O)c1ccc(F)cc1Cl. The standard InChI is InChI=1S/C13H9BrClFN2O/c1-7-11(4-5-12(14)17-7)18-13(19)9-3-2-8(16)6-10(9)15/h2-6H,1H3,(H,18,19). The number of aromatic nitrogens is 1. The van der Waals surface area contributed by atoms with Crippen molar-refractivity contribution in [2.45, 2.75) is 6.92 Å². The van der Waals surface area contributed by atoms with Gasteiger partial charge in [-0.3, -0.25) is 4.79 Å². The molecule has 0 aliphatic heterocycles. The molecule has 6 heteroatoms. The summed E-state index contributed by atoms with van der Waals surface area (Å²) < 4.78 is 13.6. The molecule has 1 aromatic carbocycles. The van der Waals surface area contributed by atoms with E-state index in [0.29, 0.717) is 16.0 Å². The van der Waals surface area contributed by atoms with Gasteiger partial charge in [-0.05, 0) is 53.2 Å². The number of hydrogen-bond acceptors (Lipinski definition) is 2. The highest BCUT2D eigenvalue weighted by atomic mass is 79.9. The van der Waals surface area contributed by atoms with Gasteiger partial charge < -0.3 is 5.32 Å². The molecule has 0 aliphatic carbocycles. The van der Waals surface area contributed by atoms with Crippen molar-refractivity contribution in [2.24, 2.45) is 0 Å². The summed E-state index contributed by atoms with van der Waals surface area (Å²) in [6.45, 7) is 1.77. The van der Waals surface area contributed by atoms with Crippen LogP contribution in [0.4, 0.5) is 10.1 Å². The second-order valence-electron chi connectivity index (χ2n) is 3.85. The molecule has 19 heavy (non-hydrogen) atoms. The summed E-state index contributed by atoms with van der Waals surface area (Å²) >= 11 is 9.07. The quantitative estimate of drug-likeness (QED) is 0.831. The minimum atomic E-state index is -0.483. The van der Waals surface area contributed by atoms with Crippen LogP contribution >= 0.6 is 27.5 Å². The molecule has 0 unspecified atom stereocenters. The Hall–Kier alpha value is -1.46. The molecule has 1 heterocycles. The molecule has 98 valence electrons. The molecule has 0 saturated carbocycles. The minimum absolute atomic E-state index is 0.0697. The molecule has 3 nitrogen and oxygen atoms in total. The lowest BCUT2D eigenvalue weighted by Crippen LogP contribution is -2.13. The van der Waals surface area contributed by atoms with E-state index in [9.17, 15) is 9.18 Å². The van der Waals surface area contributed by atoms with Gasteiger partial charge in [0.15, 0.2) is 0 Å². The third-order valence-corrected chi connectivity index (χ3v) is 3.23. The van der Waals surface area contributed by atoms with Gasteiger partial charge in [-0.1, -0.05) is 11.6 Å². The third kappa shape index (κ3) is 3.30. The average Bonchev–Trinajstić information content (AvgIpc) is 2.32. The zero-order valence-electron chi connectivity index (χ0n) is 9.88. The summed E-state index contributed by atoms with van der Waals surface area (Å²) in [5.41, 5.74) is 1.46. The summed E-state index contributed by atoms with van der Waals surface area (Å²) in [6.07, 6.45) is 0. The predicted molar refractivity (Wildman–Crippen MR) is 76.0 cm³/mol. The fourth-order valence-corrected chi connectivity index (χ4v) is 2.18. The molecule has 0 bridgehead atoms. The minimum Gasteiger partial charge on any atom is -0.320 e. The number of pyridine rings is 1. The fraction of sp³-hybridized carbons (Fsp3) is 0.0769. The van der Waals surface area contributed by atoms with E-state index in [2.05, 4.69) is 26.2 Å². The lowest BCUT2D eigenvalue weighted by atomic mass is 10.2. The zero-order valence-corrected chi connectivity index (χ0v) is 12.2. The number of carbonyl (C=O) groups excluding carboxylic acids is 1. The van der Waals surface area contributed by atoms with Gasteiger partial charge in [-0.15, -0.1) is 0 Å². The van der Waals surface area contributed by atoms with Gasteiger partial charge in [0.25, 0.3) is 5.91 Å². The number of rotatable bonds is 2. The Balaban J connectivity index is 2.25. The fourth-order valence-electron chi connectivity index (χ4n) is 1.53. The smallest absolute Gasteiger partial charge is 0.257 e. The predicted octanol–water partition coefficient (Wildman–Crippen LogP) is 4.20. The van der Waals surface area contributed by atoms with E-state index in [0.717, 1.165) is 6.07 Å². The van der Waals surface area contributed by atoms with E-state index >= 15 is 0 Å². The lowest BCUT2D eigenvalue weighted by Gasteiger charge is -2.09. The second kappa shape index (κ2) is 5.67. The Morgan fingerprint density at radius 1 is 1.37 bits per heavy atom. The zero-order chi connectivity index (χ0) is 14.0. The number of nitrogens with one attached hydrogen (secondary N) is 1. The van der Waals surface area contributed by atoms with E-state index in [1.807, 2.05) is 0 Å². The summed E-state index contributed by atoms with van der Waals surface area (Å²) in [6, 6.07) is 7.07. The lowest BCUT2D eigenvalue weighted by molar-refractivity contribution is 0.102.